The molecule has 2 atom stereocenters. The summed E-state index contributed by atoms with van der Waals surface area (Å²) in [6.45, 7) is 4.86. The van der Waals surface area contributed by atoms with Crippen LogP contribution in [0.3, 0.4) is 0 Å². The summed E-state index contributed by atoms with van der Waals surface area (Å²) < 4.78 is 11.0. The Morgan fingerprint density at radius 3 is 2.43 bits per heavy atom. The van der Waals surface area contributed by atoms with Crippen molar-refractivity contribution in [1.29, 1.82) is 0 Å². The van der Waals surface area contributed by atoms with E-state index in [4.69, 9.17) is 14.5 Å². The zero-order valence-electron chi connectivity index (χ0n) is 13.1. The van der Waals surface area contributed by atoms with Crippen molar-refractivity contribution in [2.45, 2.75) is 51.0 Å². The van der Waals surface area contributed by atoms with Gasteiger partial charge in [-0.3, -0.25) is 0 Å². The van der Waals surface area contributed by atoms with Crippen LogP contribution in [0.5, 0.6) is 0 Å². The topological polar surface area (TPSA) is 46.6 Å². The van der Waals surface area contributed by atoms with Gasteiger partial charge >= 0.3 is 0 Å². The molecule has 0 amide bonds. The second-order valence-electron chi connectivity index (χ2n) is 5.83. The van der Waals surface area contributed by atoms with Crippen molar-refractivity contribution in [1.82, 2.24) is 10.3 Å². The molecule has 1 N–H and O–H groups in total. The van der Waals surface area contributed by atoms with Crippen molar-refractivity contribution >= 4 is 16.5 Å². The summed E-state index contributed by atoms with van der Waals surface area (Å²) in [5.74, 6) is 0. The molecule has 0 bridgehead atoms. The van der Waals surface area contributed by atoms with E-state index in [1.807, 2.05) is 11.3 Å². The summed E-state index contributed by atoms with van der Waals surface area (Å²) >= 11 is 1.82. The monoisotopic (exact) mass is 311 g/mol. The van der Waals surface area contributed by atoms with Gasteiger partial charge in [-0.05, 0) is 19.3 Å². The molecule has 2 fully saturated rings. The van der Waals surface area contributed by atoms with Crippen LogP contribution in [0.2, 0.25) is 0 Å². The number of nitrogens with zero attached hydrogens (tertiary/aromatic N) is 2. The molecule has 1 saturated carbocycles. The molecular formula is C15H25N3O2S. The Balaban J connectivity index is 1.69. The van der Waals surface area contributed by atoms with Crippen molar-refractivity contribution in [3.63, 3.8) is 0 Å². The van der Waals surface area contributed by atoms with E-state index >= 15 is 0 Å². The third-order valence-electron chi connectivity index (χ3n) is 4.32. The molecule has 6 heteroatoms. The molecule has 118 valence electrons. The summed E-state index contributed by atoms with van der Waals surface area (Å²) in [5.41, 5.74) is 1.23. The minimum atomic E-state index is 0.136. The van der Waals surface area contributed by atoms with Crippen molar-refractivity contribution in [3.8, 4) is 0 Å². The fraction of sp³-hybridized carbons (Fsp3) is 0.800. The van der Waals surface area contributed by atoms with Crippen LogP contribution in [0.15, 0.2) is 0 Å². The number of aryl methyl sites for hydroxylation is 1. The molecule has 3 rings (SSSR count). The number of anilines is 1. The van der Waals surface area contributed by atoms with E-state index in [-0.39, 0.29) is 12.2 Å². The lowest BCUT2D eigenvalue weighted by molar-refractivity contribution is -0.00461. The molecule has 21 heavy (non-hydrogen) atoms. The molecule has 1 aromatic rings. The Labute approximate surface area is 130 Å². The molecule has 1 aliphatic carbocycles. The van der Waals surface area contributed by atoms with Crippen molar-refractivity contribution < 1.29 is 9.47 Å². The highest BCUT2D eigenvalue weighted by Gasteiger charge is 2.34. The standard InChI is InChI=1S/C15H25N3O2S/c1-4-11-14(7-16-10-5-6-10)21-15(17-11)18-8-12(19-2)13(9-18)20-3/h10,12-13,16H,4-9H2,1-3H3. The van der Waals surface area contributed by atoms with Crippen molar-refractivity contribution in [3.05, 3.63) is 10.6 Å². The van der Waals surface area contributed by atoms with Crippen LogP contribution < -0.4 is 10.2 Å². The molecule has 1 aliphatic heterocycles. The minimum absolute atomic E-state index is 0.136. The number of rotatable bonds is 7. The summed E-state index contributed by atoms with van der Waals surface area (Å²) in [5, 5.41) is 4.71. The zero-order valence-corrected chi connectivity index (χ0v) is 13.9. The number of aromatic nitrogens is 1. The van der Waals surface area contributed by atoms with Gasteiger partial charge in [-0.1, -0.05) is 6.92 Å². The maximum Gasteiger partial charge on any atom is 0.186 e. The van der Waals surface area contributed by atoms with Crippen molar-refractivity contribution in [2.24, 2.45) is 0 Å². The molecule has 2 unspecified atom stereocenters. The Kier molecular flexibility index (Phi) is 4.78. The predicted molar refractivity (Wildman–Crippen MR) is 85.2 cm³/mol. The fourth-order valence-corrected chi connectivity index (χ4v) is 3.91. The number of hydrogen-bond acceptors (Lipinski definition) is 6. The summed E-state index contributed by atoms with van der Waals surface area (Å²) in [6, 6.07) is 0.739. The Morgan fingerprint density at radius 1 is 1.24 bits per heavy atom. The highest BCUT2D eigenvalue weighted by Crippen LogP contribution is 2.31. The molecule has 0 radical (unpaired) electrons. The van der Waals surface area contributed by atoms with Crippen LogP contribution in [-0.4, -0.2) is 50.5 Å². The van der Waals surface area contributed by atoms with Crippen molar-refractivity contribution in [2.75, 3.05) is 32.2 Å². The SMILES string of the molecule is CCc1nc(N2CC(OC)C(OC)C2)sc1CNC1CC1. The predicted octanol–water partition coefficient (Wildman–Crippen LogP) is 1.81. The minimum Gasteiger partial charge on any atom is -0.377 e. The van der Waals surface area contributed by atoms with Gasteiger partial charge in [-0.2, -0.15) is 0 Å². The van der Waals surface area contributed by atoms with E-state index in [1.54, 1.807) is 14.2 Å². The van der Waals surface area contributed by atoms with Gasteiger partial charge < -0.3 is 19.7 Å². The zero-order chi connectivity index (χ0) is 14.8. The average Bonchev–Trinajstić information content (AvgIpc) is 3.10. The fourth-order valence-electron chi connectivity index (χ4n) is 2.80. The second kappa shape index (κ2) is 6.60. The van der Waals surface area contributed by atoms with Gasteiger partial charge in [0.15, 0.2) is 5.13 Å². The Morgan fingerprint density at radius 2 is 1.90 bits per heavy atom. The molecule has 0 aromatic carbocycles. The van der Waals surface area contributed by atoms with Gasteiger partial charge in [-0.25, -0.2) is 4.98 Å². The lowest BCUT2D eigenvalue weighted by atomic mass is 10.3. The first-order chi connectivity index (χ1) is 10.2. The van der Waals surface area contributed by atoms with E-state index in [1.165, 1.54) is 23.4 Å². The summed E-state index contributed by atoms with van der Waals surface area (Å²) in [7, 11) is 3.51. The largest absolute Gasteiger partial charge is 0.377 e. The third kappa shape index (κ3) is 3.39. The lowest BCUT2D eigenvalue weighted by Gasteiger charge is -2.13. The van der Waals surface area contributed by atoms with Gasteiger partial charge in [-0.15, -0.1) is 11.3 Å². The van der Waals surface area contributed by atoms with E-state index < -0.39 is 0 Å². The number of nitrogens with one attached hydrogen (secondary N) is 1. The Bertz CT molecular complexity index is 463. The first-order valence-electron chi connectivity index (χ1n) is 7.77. The average molecular weight is 311 g/mol. The normalized spacial score (nSPS) is 25.8. The number of methoxy groups -OCH3 is 2. The van der Waals surface area contributed by atoms with Crippen LogP contribution in [0, 0.1) is 0 Å². The van der Waals surface area contributed by atoms with Crippen LogP contribution in [0.25, 0.3) is 0 Å². The van der Waals surface area contributed by atoms with Gasteiger partial charge in [0.05, 0.1) is 5.69 Å². The summed E-state index contributed by atoms with van der Waals surface area (Å²) in [6.07, 6.45) is 3.91. The number of ether oxygens (including phenoxy) is 2. The van der Waals surface area contributed by atoms with Gasteiger partial charge in [0.1, 0.15) is 12.2 Å². The first-order valence-corrected chi connectivity index (χ1v) is 8.59. The van der Waals surface area contributed by atoms with Gasteiger partial charge in [0, 0.05) is 44.8 Å². The lowest BCUT2D eigenvalue weighted by Crippen LogP contribution is -2.27. The van der Waals surface area contributed by atoms with E-state index in [9.17, 15) is 0 Å². The van der Waals surface area contributed by atoms with Crippen LogP contribution in [-0.2, 0) is 22.4 Å². The molecular weight excluding hydrogens is 286 g/mol. The first kappa shape index (κ1) is 15.2. The van der Waals surface area contributed by atoms with E-state index in [0.717, 1.165) is 37.2 Å². The molecule has 1 aromatic heterocycles. The maximum absolute atomic E-state index is 5.51. The van der Waals surface area contributed by atoms with Gasteiger partial charge in [0.25, 0.3) is 0 Å². The smallest absolute Gasteiger partial charge is 0.186 e. The van der Waals surface area contributed by atoms with Crippen LogP contribution in [0.1, 0.15) is 30.3 Å². The van der Waals surface area contributed by atoms with E-state index in [2.05, 4.69) is 17.1 Å². The highest BCUT2D eigenvalue weighted by molar-refractivity contribution is 7.15. The quantitative estimate of drug-likeness (QED) is 0.832. The highest BCUT2D eigenvalue weighted by atomic mass is 32.1. The van der Waals surface area contributed by atoms with Gasteiger partial charge in [0.2, 0.25) is 0 Å². The second-order valence-corrected chi connectivity index (χ2v) is 6.89. The maximum atomic E-state index is 5.51. The molecule has 1 saturated heterocycles. The summed E-state index contributed by atoms with van der Waals surface area (Å²) in [4.78, 5) is 8.52. The molecule has 2 heterocycles. The van der Waals surface area contributed by atoms with Crippen LogP contribution >= 0.6 is 11.3 Å². The number of hydrogen-bond donors (Lipinski definition) is 1. The number of thiazole rings is 1. The van der Waals surface area contributed by atoms with E-state index in [0.29, 0.717) is 0 Å². The molecule has 2 aliphatic rings. The molecule has 0 spiro atoms. The Hall–Kier alpha value is -0.690. The molecule has 5 nitrogen and oxygen atoms in total. The third-order valence-corrected chi connectivity index (χ3v) is 5.48. The van der Waals surface area contributed by atoms with Crippen LogP contribution in [0.4, 0.5) is 5.13 Å².